The summed E-state index contributed by atoms with van der Waals surface area (Å²) in [5, 5.41) is 23.0. The van der Waals surface area contributed by atoms with Crippen LogP contribution in [-0.2, 0) is 14.3 Å². The van der Waals surface area contributed by atoms with Crippen LogP contribution in [0.4, 0.5) is 0 Å². The Labute approximate surface area is 469 Å². The lowest BCUT2D eigenvalue weighted by molar-refractivity contribution is -0.143. The van der Waals surface area contributed by atoms with Crippen molar-refractivity contribution >= 4 is 11.9 Å². The predicted molar refractivity (Wildman–Crippen MR) is 329 cm³/mol. The fourth-order valence-corrected chi connectivity index (χ4v) is 10.7. The highest BCUT2D eigenvalue weighted by Crippen LogP contribution is 2.19. The average Bonchev–Trinajstić information content (AvgIpc) is 3.41. The number of hydrogen-bond acceptors (Lipinski definition) is 5. The molecule has 0 aromatic carbocycles. The number of allylic oxidation sites excluding steroid dienone is 3. The summed E-state index contributed by atoms with van der Waals surface area (Å²) in [6, 6.07) is -0.621. The Balaban J connectivity index is 3.28. The van der Waals surface area contributed by atoms with Crippen LogP contribution < -0.4 is 5.32 Å². The molecule has 0 aliphatic rings. The second-order valence-corrected chi connectivity index (χ2v) is 23.5. The molecule has 0 aliphatic heterocycles. The van der Waals surface area contributed by atoms with Gasteiger partial charge >= 0.3 is 5.97 Å². The highest BCUT2D eigenvalue weighted by molar-refractivity contribution is 5.76. The molecule has 2 unspecified atom stereocenters. The third kappa shape index (κ3) is 61.4. The topological polar surface area (TPSA) is 95.9 Å². The van der Waals surface area contributed by atoms with Crippen LogP contribution in [0.15, 0.2) is 24.3 Å². The van der Waals surface area contributed by atoms with E-state index in [1.807, 2.05) is 6.08 Å². The Morgan fingerprint density at radius 2 is 0.627 bits per heavy atom. The lowest BCUT2D eigenvalue weighted by Crippen LogP contribution is -2.45. The Morgan fingerprint density at radius 3 is 0.947 bits per heavy atom. The normalized spacial score (nSPS) is 12.6. The lowest BCUT2D eigenvalue weighted by Gasteiger charge is -2.20. The van der Waals surface area contributed by atoms with Crippen molar-refractivity contribution in [3.63, 3.8) is 0 Å². The van der Waals surface area contributed by atoms with Crippen LogP contribution in [0.1, 0.15) is 380 Å². The van der Waals surface area contributed by atoms with Crippen LogP contribution in [0.2, 0.25) is 0 Å². The van der Waals surface area contributed by atoms with Gasteiger partial charge in [-0.15, -0.1) is 0 Å². The van der Waals surface area contributed by atoms with E-state index >= 15 is 0 Å². The molecule has 3 N–H and O–H groups in total. The number of rotatable bonds is 64. The summed E-state index contributed by atoms with van der Waals surface area (Å²) in [5.41, 5.74) is 0. The minimum atomic E-state index is -0.838. The molecule has 2 atom stereocenters. The molecule has 75 heavy (non-hydrogen) atoms. The summed E-state index contributed by atoms with van der Waals surface area (Å²) >= 11 is 0. The van der Waals surface area contributed by atoms with Crippen molar-refractivity contribution in [3.05, 3.63) is 24.3 Å². The Hall–Kier alpha value is -1.66. The second kappa shape index (κ2) is 64.9. The van der Waals surface area contributed by atoms with Crippen LogP contribution >= 0.6 is 0 Å². The molecular formula is C69H133NO5. The SMILES string of the molecule is CCCCCCC/C=C\CCCCCCCC(=O)OCCCCCCCCCCCCCCCCCCCCCCCCCCCCCCCCCCCCCC(=O)NC(CO)C(O)/C=C/CCCCCCCCC. The van der Waals surface area contributed by atoms with Crippen molar-refractivity contribution in [1.29, 1.82) is 0 Å². The molecule has 0 aliphatic carbocycles. The first kappa shape index (κ1) is 73.3. The van der Waals surface area contributed by atoms with Gasteiger partial charge in [-0.2, -0.15) is 0 Å². The minimum Gasteiger partial charge on any atom is -0.466 e. The van der Waals surface area contributed by atoms with Gasteiger partial charge < -0.3 is 20.3 Å². The molecular weight excluding hydrogens is 923 g/mol. The molecule has 0 rings (SSSR count). The van der Waals surface area contributed by atoms with Gasteiger partial charge in [0.05, 0.1) is 25.4 Å². The van der Waals surface area contributed by atoms with Crippen molar-refractivity contribution < 1.29 is 24.5 Å². The van der Waals surface area contributed by atoms with E-state index in [2.05, 4.69) is 31.3 Å². The first-order chi connectivity index (χ1) is 37.0. The number of unbranched alkanes of at least 4 members (excludes halogenated alkanes) is 51. The fraction of sp³-hybridized carbons (Fsp3) is 0.913. The van der Waals surface area contributed by atoms with Crippen molar-refractivity contribution in [2.24, 2.45) is 0 Å². The highest BCUT2D eigenvalue weighted by Gasteiger charge is 2.18. The standard InChI is InChI=1S/C69H133NO5/c1-3-5-7-9-11-13-14-15-40-43-47-51-55-59-63-69(74)75-64-60-56-52-48-44-41-38-36-34-32-30-28-26-24-22-20-18-16-17-19-21-23-25-27-29-31-33-35-37-39-42-46-50-54-58-62-68(73)70-66(65-71)67(72)61-57-53-49-45-12-10-8-6-4-2/h14-15,57,61,66-67,71-72H,3-13,16-56,58-60,62-65H2,1-2H3,(H,70,73)/b15-14-,61-57+. The first-order valence-electron chi connectivity index (χ1n) is 34.1. The number of amides is 1. The van der Waals surface area contributed by atoms with Crippen molar-refractivity contribution in [1.82, 2.24) is 5.32 Å². The van der Waals surface area contributed by atoms with Crippen molar-refractivity contribution in [2.75, 3.05) is 13.2 Å². The van der Waals surface area contributed by atoms with Gasteiger partial charge in [0.25, 0.3) is 0 Å². The van der Waals surface area contributed by atoms with E-state index in [-0.39, 0.29) is 18.5 Å². The van der Waals surface area contributed by atoms with E-state index in [4.69, 9.17) is 4.74 Å². The van der Waals surface area contributed by atoms with Gasteiger partial charge in [-0.05, 0) is 57.8 Å². The monoisotopic (exact) mass is 1060 g/mol. The lowest BCUT2D eigenvalue weighted by atomic mass is 10.0. The maximum atomic E-state index is 12.4. The number of carbonyl (C=O) groups is 2. The largest absolute Gasteiger partial charge is 0.466 e. The number of esters is 1. The summed E-state index contributed by atoms with van der Waals surface area (Å²) in [4.78, 5) is 24.5. The van der Waals surface area contributed by atoms with Crippen LogP contribution in [-0.4, -0.2) is 47.4 Å². The smallest absolute Gasteiger partial charge is 0.305 e. The zero-order valence-corrected chi connectivity index (χ0v) is 50.8. The minimum absolute atomic E-state index is 0.0141. The van der Waals surface area contributed by atoms with Crippen molar-refractivity contribution in [2.45, 2.75) is 392 Å². The number of hydrogen-bond donors (Lipinski definition) is 3. The Kier molecular flexibility index (Phi) is 63.4. The zero-order chi connectivity index (χ0) is 54.3. The molecule has 0 saturated carbocycles. The summed E-state index contributed by atoms with van der Waals surface area (Å²) < 4.78 is 5.49. The molecule has 6 nitrogen and oxygen atoms in total. The van der Waals surface area contributed by atoms with Crippen LogP contribution in [0, 0.1) is 0 Å². The summed E-state index contributed by atoms with van der Waals surface area (Å²) in [6.45, 7) is 4.89. The number of carbonyl (C=O) groups excluding carboxylic acids is 2. The molecule has 0 saturated heterocycles. The van der Waals surface area contributed by atoms with Gasteiger partial charge in [0.15, 0.2) is 0 Å². The van der Waals surface area contributed by atoms with Crippen LogP contribution in [0.3, 0.4) is 0 Å². The summed E-state index contributed by atoms with van der Waals surface area (Å²) in [5.74, 6) is -0.0499. The van der Waals surface area contributed by atoms with Gasteiger partial charge in [0.1, 0.15) is 0 Å². The fourth-order valence-electron chi connectivity index (χ4n) is 10.7. The molecule has 0 fully saturated rings. The Bertz CT molecular complexity index is 1170. The van der Waals surface area contributed by atoms with Crippen LogP contribution in [0.25, 0.3) is 0 Å². The van der Waals surface area contributed by atoms with E-state index < -0.39 is 12.1 Å². The van der Waals surface area contributed by atoms with Gasteiger partial charge in [0.2, 0.25) is 5.91 Å². The molecule has 0 heterocycles. The van der Waals surface area contributed by atoms with Gasteiger partial charge in [0, 0.05) is 12.8 Å². The van der Waals surface area contributed by atoms with Gasteiger partial charge in [-0.3, -0.25) is 9.59 Å². The first-order valence-corrected chi connectivity index (χ1v) is 34.1. The highest BCUT2D eigenvalue weighted by atomic mass is 16.5. The molecule has 1 amide bonds. The second-order valence-electron chi connectivity index (χ2n) is 23.5. The number of aliphatic hydroxyl groups excluding tert-OH is 2. The molecule has 0 radical (unpaired) electrons. The van der Waals surface area contributed by atoms with Gasteiger partial charge in [-0.25, -0.2) is 0 Å². The zero-order valence-electron chi connectivity index (χ0n) is 50.8. The van der Waals surface area contributed by atoms with Gasteiger partial charge in [-0.1, -0.05) is 334 Å². The van der Waals surface area contributed by atoms with E-state index in [0.29, 0.717) is 19.4 Å². The molecule has 6 heteroatoms. The summed E-state index contributed by atoms with van der Waals surface area (Å²) in [6.07, 6.45) is 81.4. The average molecular weight is 1060 g/mol. The molecule has 0 aromatic rings. The third-order valence-electron chi connectivity index (χ3n) is 16.0. The Morgan fingerprint density at radius 1 is 0.360 bits per heavy atom. The number of aliphatic hydroxyl groups is 2. The molecule has 0 bridgehead atoms. The van der Waals surface area contributed by atoms with E-state index in [1.165, 1.54) is 308 Å². The molecule has 0 aromatic heterocycles. The molecule has 0 spiro atoms. The van der Waals surface area contributed by atoms with E-state index in [0.717, 1.165) is 44.9 Å². The quantitative estimate of drug-likeness (QED) is 0.0320. The third-order valence-corrected chi connectivity index (χ3v) is 16.0. The molecule has 444 valence electrons. The van der Waals surface area contributed by atoms with E-state index in [9.17, 15) is 19.8 Å². The predicted octanol–water partition coefficient (Wildman–Crippen LogP) is 21.8. The van der Waals surface area contributed by atoms with Crippen LogP contribution in [0.5, 0.6) is 0 Å². The maximum Gasteiger partial charge on any atom is 0.305 e. The summed E-state index contributed by atoms with van der Waals surface area (Å²) in [7, 11) is 0. The number of ether oxygens (including phenoxy) is 1. The van der Waals surface area contributed by atoms with E-state index in [1.54, 1.807) is 6.08 Å². The number of nitrogens with one attached hydrogen (secondary N) is 1. The maximum absolute atomic E-state index is 12.4. The van der Waals surface area contributed by atoms with Crippen molar-refractivity contribution in [3.8, 4) is 0 Å².